The molecule has 1 aromatic heterocycles. The minimum Gasteiger partial charge on any atom is -0.0620 e. The number of allylic oxidation sites excluding steroid dienone is 2. The summed E-state index contributed by atoms with van der Waals surface area (Å²) in [6.07, 6.45) is 7.85. The maximum absolute atomic E-state index is 7.32. The van der Waals surface area contributed by atoms with Gasteiger partial charge < -0.3 is 5.32 Å². The van der Waals surface area contributed by atoms with Crippen molar-refractivity contribution in [3.05, 3.63) is 150 Å². The van der Waals surface area contributed by atoms with Gasteiger partial charge in [0.05, 0.1) is 35.3 Å². The second-order valence-electron chi connectivity index (χ2n) is 8.26. The van der Waals surface area contributed by atoms with Crippen molar-refractivity contribution in [3.63, 3.8) is 0 Å². The van der Waals surface area contributed by atoms with E-state index in [0.717, 1.165) is 10.5 Å². The van der Waals surface area contributed by atoms with Gasteiger partial charge in [-0.15, -0.1) is 11.3 Å². The summed E-state index contributed by atoms with van der Waals surface area (Å²) in [6.45, 7) is 2.86. The molecule has 0 spiro atoms. The molecule has 42 heavy (non-hydrogen) atoms. The summed E-state index contributed by atoms with van der Waals surface area (Å²) in [5.74, 6) is 0. The van der Waals surface area contributed by atoms with E-state index in [2.05, 4.69) is 123 Å². The van der Waals surface area contributed by atoms with Crippen LogP contribution in [0.5, 0.6) is 0 Å². The van der Waals surface area contributed by atoms with Crippen molar-refractivity contribution in [1.82, 2.24) is 4.98 Å². The van der Waals surface area contributed by atoms with Crippen molar-refractivity contribution in [3.8, 4) is 12.1 Å². The van der Waals surface area contributed by atoms with E-state index in [1.54, 1.807) is 23.5 Å². The van der Waals surface area contributed by atoms with Gasteiger partial charge in [-0.3, -0.25) is 0 Å². The number of hydrogen-bond donors (Lipinski definition) is 0. The Kier molecular flexibility index (Phi) is 17.4. The Morgan fingerprint density at radius 2 is 1.14 bits per heavy atom. The zero-order chi connectivity index (χ0) is 30.4. The Balaban J connectivity index is 0.000000239. The molecule has 1 unspecified atom stereocenters. The second kappa shape index (κ2) is 21.1. The monoisotopic (exact) mass is 695 g/mol. The Bertz CT molecular complexity index is 1440. The smallest absolute Gasteiger partial charge is 0.0620 e. The number of nitriles is 2. The molecule has 4 aromatic carbocycles. The van der Waals surface area contributed by atoms with E-state index in [9.17, 15) is 0 Å². The Hall–Kier alpha value is -3.63. The molecule has 8 heteroatoms. The topological polar surface area (TPSA) is 74.6 Å². The standard InChI is InChI=1S/C18H15P.C12H9N2S.2C2H3N.ClH.Ru/c1-4-10-16(11-5-1)19(17-12-6-2-7-13-17)18-14-8-3-9-15-18;1-2-7-11-9(5-1)14-12(15-11)10-6-3-4-8-13-10;2*1-2-3;;/h1-15H;1-8,10H;2*1H3;1H;/q;-1;;;;+3. The molecular weight excluding hydrogens is 664 g/mol. The van der Waals surface area contributed by atoms with Crippen LogP contribution in [0.4, 0.5) is 0 Å². The molecule has 0 amide bonds. The van der Waals surface area contributed by atoms with Gasteiger partial charge in [-0.2, -0.15) is 16.7 Å². The molecule has 0 aliphatic carbocycles. The fourth-order valence-electron chi connectivity index (χ4n) is 3.89. The summed E-state index contributed by atoms with van der Waals surface area (Å²) in [5, 5.41) is 24.4. The van der Waals surface area contributed by atoms with Crippen LogP contribution in [0.1, 0.15) is 24.9 Å². The van der Waals surface area contributed by atoms with Gasteiger partial charge in [-0.1, -0.05) is 85.0 Å². The third kappa shape index (κ3) is 11.3. The summed E-state index contributed by atoms with van der Waals surface area (Å²) in [4.78, 5) is 4.58. The second-order valence-corrected chi connectivity index (χ2v) is 11.8. The molecule has 0 radical (unpaired) electrons. The predicted octanol–water partition coefficient (Wildman–Crippen LogP) is 8.72. The van der Waals surface area contributed by atoms with Crippen LogP contribution in [0.3, 0.4) is 0 Å². The van der Waals surface area contributed by atoms with E-state index in [1.165, 1.54) is 34.5 Å². The van der Waals surface area contributed by atoms with E-state index in [0.29, 0.717) is 0 Å². The summed E-state index contributed by atoms with van der Waals surface area (Å²) >= 11 is 3.54. The maximum atomic E-state index is 7.32. The fraction of sp³-hybridized carbons (Fsp3) is 0.0882. The third-order valence-electron chi connectivity index (χ3n) is 5.49. The van der Waals surface area contributed by atoms with Crippen LogP contribution >= 0.6 is 28.9 Å². The van der Waals surface area contributed by atoms with Gasteiger partial charge in [0.15, 0.2) is 0 Å². The maximum Gasteiger partial charge on any atom is 0.102 e. The number of halogens is 1. The summed E-state index contributed by atoms with van der Waals surface area (Å²) < 4.78 is 1.23. The van der Waals surface area contributed by atoms with Crippen LogP contribution in [0, 0.1) is 22.7 Å². The zero-order valence-corrected chi connectivity index (χ0v) is 27.6. The molecular formula is C34H31ClN4PRuS+2. The number of thiazole rings is 1. The quantitative estimate of drug-likeness (QED) is 0.140. The molecule has 1 aliphatic heterocycles. The number of hydrogen-bond acceptors (Lipinski definition) is 4. The van der Waals surface area contributed by atoms with Gasteiger partial charge in [0, 0.05) is 13.8 Å². The molecule has 1 atom stereocenters. The number of aromatic nitrogens is 1. The Morgan fingerprint density at radius 3 is 1.55 bits per heavy atom. The van der Waals surface area contributed by atoms with Crippen LogP contribution in [-0.4, -0.2) is 4.98 Å². The third-order valence-corrected chi connectivity index (χ3v) is 9.33. The average Bonchev–Trinajstić information content (AvgIpc) is 3.50. The van der Waals surface area contributed by atoms with E-state index in [1.807, 2.05) is 53.9 Å². The molecule has 211 valence electrons. The largest absolute Gasteiger partial charge is 0.102 e. The van der Waals surface area contributed by atoms with Gasteiger partial charge in [-0.05, 0) is 54.6 Å². The van der Waals surface area contributed by atoms with Crippen molar-refractivity contribution in [1.29, 1.82) is 10.5 Å². The van der Waals surface area contributed by atoms with Crippen molar-refractivity contribution in [2.24, 2.45) is 0 Å². The first-order chi connectivity index (χ1) is 20.7. The van der Waals surface area contributed by atoms with Crippen LogP contribution < -0.4 is 15.9 Å². The molecule has 4 nitrogen and oxygen atoms in total. The number of nitrogens with zero attached hydrogens (tertiary/aromatic N) is 4. The Morgan fingerprint density at radius 1 is 0.714 bits per heavy atom. The van der Waals surface area contributed by atoms with Gasteiger partial charge in [0.25, 0.3) is 0 Å². The van der Waals surface area contributed by atoms with Gasteiger partial charge in [-0.25, -0.2) is 4.98 Å². The van der Waals surface area contributed by atoms with Crippen LogP contribution in [0.15, 0.2) is 140 Å². The summed E-state index contributed by atoms with van der Waals surface area (Å²) in [7, 11) is 3.69. The minimum atomic E-state index is -0.877. The van der Waals surface area contributed by atoms with Crippen LogP contribution in [0.25, 0.3) is 15.5 Å². The molecule has 0 N–H and O–H groups in total. The molecule has 5 aromatic rings. The van der Waals surface area contributed by atoms with E-state index in [-0.39, 0.29) is 6.04 Å². The van der Waals surface area contributed by atoms with Crippen molar-refractivity contribution in [2.45, 2.75) is 19.9 Å². The molecule has 0 fully saturated rings. The summed E-state index contributed by atoms with van der Waals surface area (Å²) in [6, 6.07) is 44.3. The van der Waals surface area contributed by atoms with E-state index >= 15 is 0 Å². The van der Waals surface area contributed by atoms with Gasteiger partial charge in [0.1, 0.15) is 15.9 Å². The zero-order valence-electron chi connectivity index (χ0n) is 23.3. The number of fused-ring (bicyclic) bond motifs is 1. The molecule has 0 saturated heterocycles. The van der Waals surface area contributed by atoms with E-state index < -0.39 is 7.92 Å². The molecule has 0 saturated carbocycles. The van der Waals surface area contributed by atoms with Crippen LogP contribution in [0.2, 0.25) is 0 Å². The number of benzene rings is 4. The minimum absolute atomic E-state index is 0.104. The van der Waals surface area contributed by atoms with Gasteiger partial charge >= 0.3 is 27.0 Å². The predicted molar refractivity (Wildman–Crippen MR) is 179 cm³/mol. The average molecular weight is 695 g/mol. The van der Waals surface area contributed by atoms with Gasteiger partial charge in [0.2, 0.25) is 0 Å². The Labute approximate surface area is 268 Å². The first-order valence-electron chi connectivity index (χ1n) is 12.9. The molecule has 0 bridgehead atoms. The molecule has 6 rings (SSSR count). The fourth-order valence-corrected chi connectivity index (χ4v) is 7.46. The molecule has 1 aliphatic rings. The van der Waals surface area contributed by atoms with E-state index in [4.69, 9.17) is 10.5 Å². The van der Waals surface area contributed by atoms with Crippen molar-refractivity contribution < 1.29 is 17.3 Å². The normalized spacial score (nSPS) is 12.2. The SMILES string of the molecule is C1=C[N-]C(c2nc3ccccc3s2)C=C1.CC#N.CC#N.[Cl][Ru+2].c1ccc([PH+](c2ccccc2)c2ccccc2)cc1. The first kappa shape index (κ1) is 34.6. The van der Waals surface area contributed by atoms with Crippen LogP contribution in [-0.2, 0) is 17.3 Å². The number of rotatable bonds is 4. The number of para-hydroxylation sites is 1. The first-order valence-corrected chi connectivity index (χ1v) is 17.4. The van der Waals surface area contributed by atoms with Crippen molar-refractivity contribution in [2.75, 3.05) is 0 Å². The molecule has 2 heterocycles. The summed E-state index contributed by atoms with van der Waals surface area (Å²) in [5.41, 5.74) is 1.07. The van der Waals surface area contributed by atoms with Crippen molar-refractivity contribution >= 4 is 55.1 Å².